The molecule has 0 spiro atoms. The Balaban J connectivity index is 1.37. The minimum Gasteiger partial charge on any atom is -0.337 e. The minimum atomic E-state index is 0.0799. The first-order valence-electron chi connectivity index (χ1n) is 9.65. The smallest absolute Gasteiger partial charge is 0.272 e. The second kappa shape index (κ2) is 6.37. The standard InChI is InChI=1S/C21H23N5O/c1-25-19(13-18(24-25)14-7-8-14)21(27)26-11-9-16-17(10-12-26)22-23-20(16)15-5-3-2-4-6-15/h2-6,13-14H,7-12H2,1H3,(H,22,23). The van der Waals surface area contributed by atoms with Gasteiger partial charge in [0.1, 0.15) is 5.69 Å². The first-order valence-corrected chi connectivity index (χ1v) is 9.65. The third kappa shape index (κ3) is 2.95. The fraction of sp³-hybridized carbons (Fsp3) is 0.381. The van der Waals surface area contributed by atoms with E-state index in [2.05, 4.69) is 27.4 Å². The van der Waals surface area contributed by atoms with Crippen molar-refractivity contribution in [3.63, 3.8) is 0 Å². The zero-order valence-corrected chi connectivity index (χ0v) is 15.5. The summed E-state index contributed by atoms with van der Waals surface area (Å²) in [5, 5.41) is 12.3. The summed E-state index contributed by atoms with van der Waals surface area (Å²) in [4.78, 5) is 15.1. The first kappa shape index (κ1) is 16.3. The van der Waals surface area contributed by atoms with Crippen molar-refractivity contribution in [3.05, 3.63) is 59.0 Å². The van der Waals surface area contributed by atoms with Gasteiger partial charge in [-0.2, -0.15) is 10.2 Å². The number of carbonyl (C=O) groups is 1. The van der Waals surface area contributed by atoms with E-state index in [1.807, 2.05) is 36.2 Å². The Morgan fingerprint density at radius 2 is 1.93 bits per heavy atom. The molecule has 5 rings (SSSR count). The summed E-state index contributed by atoms with van der Waals surface area (Å²) in [5.41, 5.74) is 6.28. The van der Waals surface area contributed by atoms with E-state index < -0.39 is 0 Å². The van der Waals surface area contributed by atoms with Gasteiger partial charge in [0.25, 0.3) is 5.91 Å². The van der Waals surface area contributed by atoms with Gasteiger partial charge in [-0.1, -0.05) is 30.3 Å². The molecule has 27 heavy (non-hydrogen) atoms. The van der Waals surface area contributed by atoms with Crippen LogP contribution in [-0.4, -0.2) is 43.9 Å². The zero-order chi connectivity index (χ0) is 18.4. The van der Waals surface area contributed by atoms with Crippen LogP contribution in [0.2, 0.25) is 0 Å². The summed E-state index contributed by atoms with van der Waals surface area (Å²) in [6.07, 6.45) is 4.00. The lowest BCUT2D eigenvalue weighted by Gasteiger charge is -2.20. The van der Waals surface area contributed by atoms with Crippen LogP contribution in [0.25, 0.3) is 11.3 Å². The number of fused-ring (bicyclic) bond motifs is 1. The Bertz CT molecular complexity index is 983. The number of aromatic amines is 1. The molecule has 138 valence electrons. The molecule has 3 heterocycles. The van der Waals surface area contributed by atoms with Gasteiger partial charge in [0.2, 0.25) is 0 Å². The van der Waals surface area contributed by atoms with Crippen LogP contribution in [0.3, 0.4) is 0 Å². The molecule has 1 amide bonds. The monoisotopic (exact) mass is 361 g/mol. The van der Waals surface area contributed by atoms with Gasteiger partial charge in [0, 0.05) is 49.3 Å². The van der Waals surface area contributed by atoms with Gasteiger partial charge in [-0.15, -0.1) is 0 Å². The van der Waals surface area contributed by atoms with E-state index >= 15 is 0 Å². The molecule has 6 nitrogen and oxygen atoms in total. The van der Waals surface area contributed by atoms with Crippen molar-refractivity contribution < 1.29 is 4.79 Å². The molecule has 6 heteroatoms. The summed E-state index contributed by atoms with van der Waals surface area (Å²) in [6.45, 7) is 1.40. The number of aromatic nitrogens is 4. The highest BCUT2D eigenvalue weighted by atomic mass is 16.2. The van der Waals surface area contributed by atoms with E-state index in [-0.39, 0.29) is 5.91 Å². The summed E-state index contributed by atoms with van der Waals surface area (Å²) in [7, 11) is 1.87. The van der Waals surface area contributed by atoms with E-state index in [0.29, 0.717) is 24.7 Å². The van der Waals surface area contributed by atoms with E-state index in [1.54, 1.807) is 4.68 Å². The average molecular weight is 361 g/mol. The number of aryl methyl sites for hydroxylation is 1. The summed E-state index contributed by atoms with van der Waals surface area (Å²) in [6, 6.07) is 12.2. The van der Waals surface area contributed by atoms with Crippen LogP contribution in [-0.2, 0) is 19.9 Å². The quantitative estimate of drug-likeness (QED) is 0.780. The molecule has 1 N–H and O–H groups in total. The van der Waals surface area contributed by atoms with Gasteiger partial charge in [0.05, 0.1) is 11.4 Å². The highest BCUT2D eigenvalue weighted by Gasteiger charge is 2.30. The second-order valence-electron chi connectivity index (χ2n) is 7.54. The molecule has 0 atom stereocenters. The molecule has 1 saturated carbocycles. The Kier molecular flexibility index (Phi) is 3.85. The Labute approximate surface area is 158 Å². The fourth-order valence-corrected chi connectivity index (χ4v) is 3.95. The highest BCUT2D eigenvalue weighted by molar-refractivity contribution is 5.93. The first-order chi connectivity index (χ1) is 13.2. The molecule has 1 aromatic carbocycles. The molecule has 2 aromatic heterocycles. The van der Waals surface area contributed by atoms with Crippen molar-refractivity contribution in [1.82, 2.24) is 24.9 Å². The number of H-pyrrole nitrogens is 1. The largest absolute Gasteiger partial charge is 0.337 e. The number of benzene rings is 1. The summed E-state index contributed by atoms with van der Waals surface area (Å²) < 4.78 is 1.75. The van der Waals surface area contributed by atoms with Gasteiger partial charge in [0.15, 0.2) is 0 Å². The predicted molar refractivity (Wildman–Crippen MR) is 103 cm³/mol. The summed E-state index contributed by atoms with van der Waals surface area (Å²) >= 11 is 0. The van der Waals surface area contributed by atoms with Gasteiger partial charge >= 0.3 is 0 Å². The molecule has 1 aliphatic heterocycles. The average Bonchev–Trinajstić information content (AvgIpc) is 3.41. The third-order valence-corrected chi connectivity index (χ3v) is 5.66. The van der Waals surface area contributed by atoms with Crippen LogP contribution < -0.4 is 0 Å². The fourth-order valence-electron chi connectivity index (χ4n) is 3.95. The number of hydrogen-bond acceptors (Lipinski definition) is 3. The number of amides is 1. The topological polar surface area (TPSA) is 66.8 Å². The second-order valence-corrected chi connectivity index (χ2v) is 7.54. The van der Waals surface area contributed by atoms with Gasteiger partial charge in [-0.05, 0) is 25.3 Å². The molecule has 1 fully saturated rings. The molecule has 1 aliphatic carbocycles. The normalized spacial score (nSPS) is 16.9. The van der Waals surface area contributed by atoms with Crippen LogP contribution in [0, 0.1) is 0 Å². The number of hydrogen-bond donors (Lipinski definition) is 1. The zero-order valence-electron chi connectivity index (χ0n) is 15.5. The van der Waals surface area contributed by atoms with Crippen LogP contribution in [0.1, 0.15) is 46.2 Å². The van der Waals surface area contributed by atoms with Crippen LogP contribution in [0.4, 0.5) is 0 Å². The van der Waals surface area contributed by atoms with Crippen molar-refractivity contribution in [1.29, 1.82) is 0 Å². The number of rotatable bonds is 3. The van der Waals surface area contributed by atoms with E-state index in [9.17, 15) is 4.79 Å². The van der Waals surface area contributed by atoms with Gasteiger partial charge in [-0.25, -0.2) is 0 Å². The van der Waals surface area contributed by atoms with Crippen LogP contribution in [0.5, 0.6) is 0 Å². The van der Waals surface area contributed by atoms with Crippen molar-refractivity contribution in [2.24, 2.45) is 7.05 Å². The molecule has 0 radical (unpaired) electrons. The van der Waals surface area contributed by atoms with Crippen molar-refractivity contribution in [3.8, 4) is 11.3 Å². The van der Waals surface area contributed by atoms with Crippen molar-refractivity contribution >= 4 is 5.91 Å². The minimum absolute atomic E-state index is 0.0799. The third-order valence-electron chi connectivity index (χ3n) is 5.66. The van der Waals surface area contributed by atoms with E-state index in [4.69, 9.17) is 0 Å². The lowest BCUT2D eigenvalue weighted by Crippen LogP contribution is -2.34. The number of carbonyl (C=O) groups excluding carboxylic acids is 1. The van der Waals surface area contributed by atoms with Gasteiger partial charge in [-0.3, -0.25) is 14.6 Å². The molecular formula is C21H23N5O. The predicted octanol–water partition coefficient (Wildman–Crippen LogP) is 2.93. The Morgan fingerprint density at radius 3 is 2.70 bits per heavy atom. The number of nitrogens with zero attached hydrogens (tertiary/aromatic N) is 4. The van der Waals surface area contributed by atoms with Crippen LogP contribution in [0.15, 0.2) is 36.4 Å². The molecule has 0 unspecified atom stereocenters. The molecular weight excluding hydrogens is 338 g/mol. The Hall–Kier alpha value is -2.89. The highest BCUT2D eigenvalue weighted by Crippen LogP contribution is 2.39. The molecule has 0 saturated heterocycles. The van der Waals surface area contributed by atoms with E-state index in [1.165, 1.54) is 18.4 Å². The molecule has 3 aromatic rings. The lowest BCUT2D eigenvalue weighted by atomic mass is 10.0. The molecule has 2 aliphatic rings. The molecule has 0 bridgehead atoms. The Morgan fingerprint density at radius 1 is 1.15 bits per heavy atom. The van der Waals surface area contributed by atoms with E-state index in [0.717, 1.165) is 35.5 Å². The van der Waals surface area contributed by atoms with Crippen molar-refractivity contribution in [2.45, 2.75) is 31.6 Å². The van der Waals surface area contributed by atoms with Crippen molar-refractivity contribution in [2.75, 3.05) is 13.1 Å². The maximum Gasteiger partial charge on any atom is 0.272 e. The maximum atomic E-state index is 13.1. The number of nitrogens with one attached hydrogen (secondary N) is 1. The lowest BCUT2D eigenvalue weighted by molar-refractivity contribution is 0.0751. The van der Waals surface area contributed by atoms with Crippen LogP contribution >= 0.6 is 0 Å². The van der Waals surface area contributed by atoms with Gasteiger partial charge < -0.3 is 4.90 Å². The maximum absolute atomic E-state index is 13.1. The SMILES string of the molecule is Cn1nc(C2CC2)cc1C(=O)N1CCc2[nH]nc(-c3ccccc3)c2CC1. The summed E-state index contributed by atoms with van der Waals surface area (Å²) in [5.74, 6) is 0.637.